The van der Waals surface area contributed by atoms with Crippen molar-refractivity contribution < 1.29 is 4.79 Å². The number of rotatable bonds is 5. The monoisotopic (exact) mass is 523 g/mol. The van der Waals surface area contributed by atoms with Gasteiger partial charge in [-0.25, -0.2) is 4.98 Å². The Morgan fingerprint density at radius 3 is 2.72 bits per heavy atom. The molecule has 32 heavy (non-hydrogen) atoms. The zero-order chi connectivity index (χ0) is 22.1. The van der Waals surface area contributed by atoms with E-state index >= 15 is 0 Å². The second-order valence-electron chi connectivity index (χ2n) is 7.25. The van der Waals surface area contributed by atoms with Gasteiger partial charge in [-0.3, -0.25) is 14.2 Å². The molecule has 0 aliphatic carbocycles. The molecule has 3 aromatic carbocycles. The normalized spacial score (nSPS) is 12.7. The first-order chi connectivity index (χ1) is 15.6. The Morgan fingerprint density at radius 2 is 1.88 bits per heavy atom. The molecule has 0 saturated carbocycles. The molecule has 0 radical (unpaired) electrons. The standard InChI is InChI=1S/C24H18BrN3O2S2/c25-16-8-10-17(11-9-16)28-23(30)22-20(12-13-31-22)27-24(28)32-14-21(29)26-19-7-3-5-15-4-1-2-6-18(15)19/h1-11H,12-14H2,(H,26,29). The average Bonchev–Trinajstić information content (AvgIpc) is 3.28. The third kappa shape index (κ3) is 4.22. The fourth-order valence-electron chi connectivity index (χ4n) is 3.66. The number of halogens is 1. The van der Waals surface area contributed by atoms with E-state index in [1.54, 1.807) is 16.3 Å². The van der Waals surface area contributed by atoms with Gasteiger partial charge in [0.25, 0.3) is 5.56 Å². The van der Waals surface area contributed by atoms with Crippen LogP contribution in [0.4, 0.5) is 5.69 Å². The first-order valence-electron chi connectivity index (χ1n) is 10.1. The molecule has 0 atom stereocenters. The molecular weight excluding hydrogens is 506 g/mol. The molecule has 1 aliphatic heterocycles. The van der Waals surface area contributed by atoms with Crippen molar-refractivity contribution in [1.29, 1.82) is 0 Å². The van der Waals surface area contributed by atoms with Crippen molar-refractivity contribution >= 4 is 61.8 Å². The van der Waals surface area contributed by atoms with E-state index in [9.17, 15) is 9.59 Å². The van der Waals surface area contributed by atoms with E-state index in [0.29, 0.717) is 10.1 Å². The predicted molar refractivity (Wildman–Crippen MR) is 135 cm³/mol. The van der Waals surface area contributed by atoms with E-state index in [4.69, 9.17) is 4.98 Å². The molecular formula is C24H18BrN3O2S2. The Balaban J connectivity index is 1.42. The van der Waals surface area contributed by atoms with Gasteiger partial charge in [0.15, 0.2) is 5.16 Å². The van der Waals surface area contributed by atoms with Gasteiger partial charge in [0.05, 0.1) is 22.0 Å². The summed E-state index contributed by atoms with van der Waals surface area (Å²) in [5.41, 5.74) is 2.26. The molecule has 1 amide bonds. The molecule has 0 fully saturated rings. The third-order valence-corrected chi connectivity index (χ3v) is 7.72. The number of carbonyl (C=O) groups excluding carboxylic acids is 1. The second kappa shape index (κ2) is 9.13. The molecule has 8 heteroatoms. The SMILES string of the molecule is O=C(CSc1nc2c(c(=O)n1-c1ccc(Br)cc1)SCC2)Nc1cccc2ccccc12. The second-order valence-corrected chi connectivity index (χ2v) is 10.2. The maximum Gasteiger partial charge on any atom is 0.272 e. The largest absolute Gasteiger partial charge is 0.325 e. The van der Waals surface area contributed by atoms with Gasteiger partial charge in [0.1, 0.15) is 0 Å². The summed E-state index contributed by atoms with van der Waals surface area (Å²) in [6, 6.07) is 21.3. The minimum Gasteiger partial charge on any atom is -0.325 e. The Kier molecular flexibility index (Phi) is 6.08. The quantitative estimate of drug-likeness (QED) is 0.275. The summed E-state index contributed by atoms with van der Waals surface area (Å²) < 4.78 is 2.54. The minimum atomic E-state index is -0.141. The summed E-state index contributed by atoms with van der Waals surface area (Å²) in [7, 11) is 0. The number of carbonyl (C=O) groups is 1. The molecule has 0 unspecified atom stereocenters. The van der Waals surface area contributed by atoms with Gasteiger partial charge >= 0.3 is 0 Å². The van der Waals surface area contributed by atoms with Crippen molar-refractivity contribution in [3.8, 4) is 5.69 Å². The van der Waals surface area contributed by atoms with Crippen molar-refractivity contribution in [3.63, 3.8) is 0 Å². The highest BCUT2D eigenvalue weighted by Crippen LogP contribution is 2.30. The number of aryl methyl sites for hydroxylation is 1. The lowest BCUT2D eigenvalue weighted by Gasteiger charge is -2.14. The fraction of sp³-hybridized carbons (Fsp3) is 0.125. The summed E-state index contributed by atoms with van der Waals surface area (Å²) in [5, 5.41) is 5.60. The molecule has 0 saturated heterocycles. The van der Waals surface area contributed by atoms with Crippen molar-refractivity contribution in [1.82, 2.24) is 9.55 Å². The van der Waals surface area contributed by atoms with Crippen molar-refractivity contribution in [2.45, 2.75) is 16.5 Å². The first kappa shape index (κ1) is 21.3. The van der Waals surface area contributed by atoms with Gasteiger partial charge in [-0.1, -0.05) is 64.1 Å². The average molecular weight is 524 g/mol. The first-order valence-corrected chi connectivity index (χ1v) is 12.8. The highest BCUT2D eigenvalue weighted by Gasteiger charge is 2.23. The molecule has 5 nitrogen and oxygen atoms in total. The molecule has 2 heterocycles. The summed E-state index contributed by atoms with van der Waals surface area (Å²) in [5.74, 6) is 0.865. The Morgan fingerprint density at radius 1 is 1.09 bits per heavy atom. The highest BCUT2D eigenvalue weighted by atomic mass is 79.9. The van der Waals surface area contributed by atoms with Crippen molar-refractivity contribution in [3.05, 3.63) is 87.3 Å². The van der Waals surface area contributed by atoms with Gasteiger partial charge in [0, 0.05) is 27.7 Å². The van der Waals surface area contributed by atoms with Gasteiger partial charge in [-0.15, -0.1) is 11.8 Å². The van der Waals surface area contributed by atoms with E-state index in [0.717, 1.165) is 44.5 Å². The van der Waals surface area contributed by atoms with Gasteiger partial charge in [-0.2, -0.15) is 0 Å². The van der Waals surface area contributed by atoms with E-state index < -0.39 is 0 Å². The molecule has 1 aromatic heterocycles. The van der Waals surface area contributed by atoms with Crippen LogP contribution in [0.25, 0.3) is 16.5 Å². The van der Waals surface area contributed by atoms with Gasteiger partial charge in [0.2, 0.25) is 5.91 Å². The lowest BCUT2D eigenvalue weighted by molar-refractivity contribution is -0.113. The zero-order valence-electron chi connectivity index (χ0n) is 16.9. The summed E-state index contributed by atoms with van der Waals surface area (Å²) in [4.78, 5) is 31.5. The number of hydrogen-bond acceptors (Lipinski definition) is 5. The van der Waals surface area contributed by atoms with E-state index in [1.807, 2.05) is 66.7 Å². The number of thioether (sulfide) groups is 2. The van der Waals surface area contributed by atoms with Gasteiger partial charge in [-0.05, 0) is 35.7 Å². The molecule has 5 rings (SSSR count). The van der Waals surface area contributed by atoms with Crippen LogP contribution >= 0.6 is 39.5 Å². The van der Waals surface area contributed by atoms with Gasteiger partial charge < -0.3 is 5.32 Å². The summed E-state index contributed by atoms with van der Waals surface area (Å²) in [6.07, 6.45) is 0.770. The number of nitrogens with zero attached hydrogens (tertiary/aromatic N) is 2. The molecule has 1 aliphatic rings. The van der Waals surface area contributed by atoms with Crippen LogP contribution in [-0.4, -0.2) is 27.0 Å². The Bertz CT molecular complexity index is 1380. The number of aromatic nitrogens is 2. The van der Waals surface area contributed by atoms with Crippen molar-refractivity contribution in [2.24, 2.45) is 0 Å². The molecule has 160 valence electrons. The van der Waals surface area contributed by atoms with Crippen LogP contribution in [0.3, 0.4) is 0 Å². The summed E-state index contributed by atoms with van der Waals surface area (Å²) >= 11 is 6.26. The van der Waals surface area contributed by atoms with E-state index in [1.165, 1.54) is 11.8 Å². The third-order valence-electron chi connectivity index (χ3n) is 5.15. The predicted octanol–water partition coefficient (Wildman–Crippen LogP) is 5.53. The Hall–Kier alpha value is -2.55. The molecule has 0 spiro atoms. The Labute approximate surface area is 201 Å². The molecule has 1 N–H and O–H groups in total. The van der Waals surface area contributed by atoms with Crippen LogP contribution in [0.2, 0.25) is 0 Å². The lowest BCUT2D eigenvalue weighted by Crippen LogP contribution is -2.24. The lowest BCUT2D eigenvalue weighted by atomic mass is 10.1. The topological polar surface area (TPSA) is 64.0 Å². The van der Waals surface area contributed by atoms with Crippen LogP contribution in [0.15, 0.2) is 86.0 Å². The molecule has 4 aromatic rings. The molecule has 0 bridgehead atoms. The summed E-state index contributed by atoms with van der Waals surface area (Å²) in [6.45, 7) is 0. The van der Waals surface area contributed by atoms with Crippen molar-refractivity contribution in [2.75, 3.05) is 16.8 Å². The van der Waals surface area contributed by atoms with Crippen LogP contribution in [0.1, 0.15) is 5.69 Å². The zero-order valence-corrected chi connectivity index (χ0v) is 20.1. The number of hydrogen-bond donors (Lipinski definition) is 1. The highest BCUT2D eigenvalue weighted by molar-refractivity contribution is 9.10. The number of benzene rings is 3. The smallest absolute Gasteiger partial charge is 0.272 e. The number of nitrogens with one attached hydrogen (secondary N) is 1. The van der Waals surface area contributed by atoms with Crippen LogP contribution in [0.5, 0.6) is 0 Å². The van der Waals surface area contributed by atoms with Crippen LogP contribution in [0, 0.1) is 0 Å². The minimum absolute atomic E-state index is 0.0724. The number of anilines is 1. The maximum absolute atomic E-state index is 13.2. The van der Waals surface area contributed by atoms with Crippen LogP contribution in [-0.2, 0) is 11.2 Å². The number of amides is 1. The van der Waals surface area contributed by atoms with Crippen LogP contribution < -0.4 is 10.9 Å². The van der Waals surface area contributed by atoms with E-state index in [-0.39, 0.29) is 17.2 Å². The maximum atomic E-state index is 13.2. The number of fused-ring (bicyclic) bond motifs is 2. The van der Waals surface area contributed by atoms with E-state index in [2.05, 4.69) is 21.2 Å². The fourth-order valence-corrected chi connectivity index (χ4v) is 5.78.